The Labute approximate surface area is 191 Å². The van der Waals surface area contributed by atoms with Crippen LogP contribution in [0.15, 0.2) is 58.5 Å². The van der Waals surface area contributed by atoms with Crippen molar-refractivity contribution in [1.29, 1.82) is 0 Å². The van der Waals surface area contributed by atoms with Crippen molar-refractivity contribution < 1.29 is 14.3 Å². The number of unbranched alkanes of at least 4 members (excludes halogenated alkanes) is 2. The second-order valence-corrected chi connectivity index (χ2v) is 8.43. The SMILES string of the molecule is COc1ccc(OCCCSc2nc3ccccc3c(=O)n2CCCCCC(N)=O)cc1. The number of para-hydroxylation sites is 1. The van der Waals surface area contributed by atoms with Crippen molar-refractivity contribution in [2.45, 2.75) is 43.8 Å². The van der Waals surface area contributed by atoms with E-state index in [2.05, 4.69) is 0 Å². The average molecular weight is 456 g/mol. The first-order valence-corrected chi connectivity index (χ1v) is 11.7. The van der Waals surface area contributed by atoms with Gasteiger partial charge in [-0.3, -0.25) is 14.2 Å². The quantitative estimate of drug-likeness (QED) is 0.238. The van der Waals surface area contributed by atoms with Crippen molar-refractivity contribution in [3.8, 4) is 11.5 Å². The molecule has 0 aliphatic heterocycles. The summed E-state index contributed by atoms with van der Waals surface area (Å²) < 4.78 is 12.7. The van der Waals surface area contributed by atoms with Gasteiger partial charge in [-0.1, -0.05) is 30.3 Å². The largest absolute Gasteiger partial charge is 0.497 e. The van der Waals surface area contributed by atoms with Crippen molar-refractivity contribution in [3.63, 3.8) is 0 Å². The zero-order valence-corrected chi connectivity index (χ0v) is 19.1. The van der Waals surface area contributed by atoms with Crippen molar-refractivity contribution in [2.75, 3.05) is 19.5 Å². The molecule has 0 radical (unpaired) electrons. The van der Waals surface area contributed by atoms with Crippen molar-refractivity contribution >= 4 is 28.6 Å². The van der Waals surface area contributed by atoms with E-state index >= 15 is 0 Å². The number of methoxy groups -OCH3 is 1. The summed E-state index contributed by atoms with van der Waals surface area (Å²) in [6.07, 6.45) is 3.55. The molecule has 0 bridgehead atoms. The average Bonchev–Trinajstić information content (AvgIpc) is 2.80. The number of benzene rings is 2. The van der Waals surface area contributed by atoms with Gasteiger partial charge in [0.25, 0.3) is 5.56 Å². The molecule has 1 aromatic heterocycles. The highest BCUT2D eigenvalue weighted by Gasteiger charge is 2.11. The highest BCUT2D eigenvalue weighted by atomic mass is 32.2. The molecule has 170 valence electrons. The molecule has 0 saturated carbocycles. The van der Waals surface area contributed by atoms with Gasteiger partial charge in [0.05, 0.1) is 24.6 Å². The van der Waals surface area contributed by atoms with Crippen LogP contribution >= 0.6 is 11.8 Å². The molecule has 0 spiro atoms. The molecule has 0 aliphatic rings. The first-order valence-electron chi connectivity index (χ1n) is 10.8. The molecule has 0 saturated heterocycles. The summed E-state index contributed by atoms with van der Waals surface area (Å²) in [6.45, 7) is 1.14. The maximum atomic E-state index is 13.0. The van der Waals surface area contributed by atoms with Crippen LogP contribution in [0.25, 0.3) is 10.9 Å². The number of rotatable bonds is 13. The molecule has 0 fully saturated rings. The van der Waals surface area contributed by atoms with E-state index in [1.165, 1.54) is 0 Å². The predicted molar refractivity (Wildman–Crippen MR) is 127 cm³/mol. The van der Waals surface area contributed by atoms with Crippen molar-refractivity contribution in [3.05, 3.63) is 58.9 Å². The number of carbonyl (C=O) groups is 1. The third kappa shape index (κ3) is 6.75. The highest BCUT2D eigenvalue weighted by molar-refractivity contribution is 7.99. The Morgan fingerprint density at radius 1 is 1.03 bits per heavy atom. The topological polar surface area (TPSA) is 96.4 Å². The molecule has 2 aromatic carbocycles. The summed E-state index contributed by atoms with van der Waals surface area (Å²) in [6, 6.07) is 14.9. The summed E-state index contributed by atoms with van der Waals surface area (Å²) in [5.41, 5.74) is 5.88. The number of ether oxygens (including phenoxy) is 2. The van der Waals surface area contributed by atoms with Crippen LogP contribution in [0.2, 0.25) is 0 Å². The van der Waals surface area contributed by atoms with Gasteiger partial charge < -0.3 is 15.2 Å². The number of nitrogens with two attached hydrogens (primary N) is 1. The smallest absolute Gasteiger partial charge is 0.262 e. The van der Waals surface area contributed by atoms with Crippen LogP contribution < -0.4 is 20.8 Å². The van der Waals surface area contributed by atoms with Gasteiger partial charge in [0, 0.05) is 18.7 Å². The molecule has 1 heterocycles. The Morgan fingerprint density at radius 3 is 2.53 bits per heavy atom. The second kappa shape index (κ2) is 12.1. The number of thioether (sulfide) groups is 1. The Hall–Kier alpha value is -3.00. The van der Waals surface area contributed by atoms with E-state index in [1.807, 2.05) is 48.5 Å². The lowest BCUT2D eigenvalue weighted by Gasteiger charge is -2.13. The normalized spacial score (nSPS) is 10.9. The maximum absolute atomic E-state index is 13.0. The highest BCUT2D eigenvalue weighted by Crippen LogP contribution is 2.21. The predicted octanol–water partition coefficient (Wildman–Crippen LogP) is 4.01. The third-order valence-corrected chi connectivity index (χ3v) is 6.04. The van der Waals surface area contributed by atoms with Crippen LogP contribution in [-0.4, -0.2) is 34.9 Å². The lowest BCUT2D eigenvalue weighted by molar-refractivity contribution is -0.118. The lowest BCUT2D eigenvalue weighted by atomic mass is 10.2. The van der Waals surface area contributed by atoms with Gasteiger partial charge in [-0.05, 0) is 55.7 Å². The Bertz CT molecular complexity index is 1080. The van der Waals surface area contributed by atoms with Crippen molar-refractivity contribution in [2.24, 2.45) is 5.73 Å². The summed E-state index contributed by atoms with van der Waals surface area (Å²) in [5, 5.41) is 1.34. The van der Waals surface area contributed by atoms with Gasteiger partial charge in [-0.25, -0.2) is 4.98 Å². The number of hydrogen-bond donors (Lipinski definition) is 1. The van der Waals surface area contributed by atoms with E-state index in [9.17, 15) is 9.59 Å². The first kappa shape index (κ1) is 23.7. The zero-order chi connectivity index (χ0) is 22.8. The molecular weight excluding hydrogens is 426 g/mol. The fraction of sp³-hybridized carbons (Fsp3) is 0.375. The van der Waals surface area contributed by atoms with Crippen LogP contribution in [0.5, 0.6) is 11.5 Å². The molecular formula is C24H29N3O4S. The number of fused-ring (bicyclic) bond motifs is 1. The Balaban J connectivity index is 1.59. The number of carbonyl (C=O) groups excluding carboxylic acids is 1. The fourth-order valence-electron chi connectivity index (χ4n) is 3.29. The van der Waals surface area contributed by atoms with E-state index in [1.54, 1.807) is 23.4 Å². The lowest BCUT2D eigenvalue weighted by Crippen LogP contribution is -2.23. The number of hydrogen-bond acceptors (Lipinski definition) is 6. The van der Waals surface area contributed by atoms with Crippen LogP contribution in [0.3, 0.4) is 0 Å². The standard InChI is InChI=1S/C24H29N3O4S/c1-30-18-11-13-19(14-12-18)31-16-7-17-32-24-26-21-9-5-4-8-20(21)23(29)27(24)15-6-2-3-10-22(25)28/h4-5,8-9,11-14H,2-3,6-7,10,15-17H2,1H3,(H2,25,28). The van der Waals surface area contributed by atoms with Crippen LogP contribution in [0.4, 0.5) is 0 Å². The number of nitrogens with zero attached hydrogens (tertiary/aromatic N) is 2. The minimum absolute atomic E-state index is 0.0255. The molecule has 1 amide bonds. The summed E-state index contributed by atoms with van der Waals surface area (Å²) in [5.74, 6) is 2.08. The molecule has 0 atom stereocenters. The van der Waals surface area contributed by atoms with Crippen LogP contribution in [0, 0.1) is 0 Å². The van der Waals surface area contributed by atoms with Crippen molar-refractivity contribution in [1.82, 2.24) is 9.55 Å². The second-order valence-electron chi connectivity index (χ2n) is 7.37. The van der Waals surface area contributed by atoms with E-state index in [-0.39, 0.29) is 11.5 Å². The summed E-state index contributed by atoms with van der Waals surface area (Å²) in [4.78, 5) is 28.7. The molecule has 8 heteroatoms. The number of aromatic nitrogens is 2. The molecule has 3 rings (SSSR count). The summed E-state index contributed by atoms with van der Waals surface area (Å²) in [7, 11) is 1.63. The Kier molecular flexibility index (Phi) is 8.98. The van der Waals surface area contributed by atoms with Gasteiger partial charge in [-0.2, -0.15) is 0 Å². The maximum Gasteiger partial charge on any atom is 0.262 e. The van der Waals surface area contributed by atoms with E-state index < -0.39 is 0 Å². The zero-order valence-electron chi connectivity index (χ0n) is 18.3. The summed E-state index contributed by atoms with van der Waals surface area (Å²) >= 11 is 1.56. The monoisotopic (exact) mass is 455 g/mol. The Morgan fingerprint density at radius 2 is 1.78 bits per heavy atom. The van der Waals surface area contributed by atoms with Gasteiger partial charge >= 0.3 is 0 Å². The molecule has 0 unspecified atom stereocenters. The molecule has 0 aliphatic carbocycles. The molecule has 7 nitrogen and oxygen atoms in total. The van der Waals surface area contributed by atoms with E-state index in [4.69, 9.17) is 20.2 Å². The number of primary amides is 1. The molecule has 32 heavy (non-hydrogen) atoms. The first-order chi connectivity index (χ1) is 15.6. The van der Waals surface area contributed by atoms with E-state index in [0.29, 0.717) is 35.6 Å². The van der Waals surface area contributed by atoms with Gasteiger partial charge in [0.15, 0.2) is 5.16 Å². The minimum Gasteiger partial charge on any atom is -0.497 e. The third-order valence-electron chi connectivity index (χ3n) is 4.98. The fourth-order valence-corrected chi connectivity index (χ4v) is 4.22. The minimum atomic E-state index is -0.289. The van der Waals surface area contributed by atoms with Crippen LogP contribution in [-0.2, 0) is 11.3 Å². The number of amides is 1. The van der Waals surface area contributed by atoms with E-state index in [0.717, 1.165) is 42.9 Å². The van der Waals surface area contributed by atoms with Gasteiger partial charge in [-0.15, -0.1) is 0 Å². The molecule has 2 N–H and O–H groups in total. The van der Waals surface area contributed by atoms with Gasteiger partial charge in [0.1, 0.15) is 11.5 Å². The molecule has 3 aromatic rings. The van der Waals surface area contributed by atoms with Gasteiger partial charge in [0.2, 0.25) is 5.91 Å². The van der Waals surface area contributed by atoms with Crippen LogP contribution in [0.1, 0.15) is 32.1 Å².